The molecule has 0 spiro atoms. The maximum Gasteiger partial charge on any atom is 0.257 e. The zero-order valence-electron chi connectivity index (χ0n) is 14.8. The van der Waals surface area contributed by atoms with Gasteiger partial charge in [0.15, 0.2) is 0 Å². The van der Waals surface area contributed by atoms with E-state index in [9.17, 15) is 4.79 Å². The quantitative estimate of drug-likeness (QED) is 0.770. The SMILES string of the molecule is O=C(Nc1cnc(N2CCN(c3ccccc3)CC2)nc1)c1cccnc1. The van der Waals surface area contributed by atoms with Crippen LogP contribution < -0.4 is 15.1 Å². The van der Waals surface area contributed by atoms with Crippen molar-refractivity contribution in [2.45, 2.75) is 0 Å². The molecule has 1 aliphatic rings. The van der Waals surface area contributed by atoms with Gasteiger partial charge in [-0.1, -0.05) is 18.2 Å². The van der Waals surface area contributed by atoms with Crippen molar-refractivity contribution in [2.75, 3.05) is 41.3 Å². The number of benzene rings is 1. The third kappa shape index (κ3) is 4.03. The number of hydrogen-bond donors (Lipinski definition) is 1. The van der Waals surface area contributed by atoms with Gasteiger partial charge in [0.25, 0.3) is 5.91 Å². The first-order valence-electron chi connectivity index (χ1n) is 8.88. The van der Waals surface area contributed by atoms with E-state index in [0.29, 0.717) is 17.2 Å². The first kappa shape index (κ1) is 17.0. The van der Waals surface area contributed by atoms with Gasteiger partial charge in [-0.2, -0.15) is 0 Å². The van der Waals surface area contributed by atoms with Crippen LogP contribution in [0, 0.1) is 0 Å². The summed E-state index contributed by atoms with van der Waals surface area (Å²) in [4.78, 5) is 29.4. The number of nitrogens with one attached hydrogen (secondary N) is 1. The molecule has 1 amide bonds. The first-order valence-corrected chi connectivity index (χ1v) is 8.88. The fraction of sp³-hybridized carbons (Fsp3) is 0.200. The molecule has 0 aliphatic carbocycles. The molecule has 1 N–H and O–H groups in total. The minimum Gasteiger partial charge on any atom is -0.368 e. The largest absolute Gasteiger partial charge is 0.368 e. The lowest BCUT2D eigenvalue weighted by molar-refractivity contribution is 0.102. The first-order chi connectivity index (χ1) is 13.3. The Kier molecular flexibility index (Phi) is 4.91. The van der Waals surface area contributed by atoms with Gasteiger partial charge in [0.05, 0.1) is 23.6 Å². The number of nitrogens with zero attached hydrogens (tertiary/aromatic N) is 5. The molecule has 3 aromatic rings. The van der Waals surface area contributed by atoms with Crippen LogP contribution in [0.2, 0.25) is 0 Å². The summed E-state index contributed by atoms with van der Waals surface area (Å²) in [6.45, 7) is 3.56. The Labute approximate surface area is 157 Å². The number of pyridine rings is 1. The number of amides is 1. The minimum absolute atomic E-state index is 0.226. The Balaban J connectivity index is 1.35. The standard InChI is InChI=1S/C20H20N6O/c27-19(16-5-4-8-21-13-16)24-17-14-22-20(23-15-17)26-11-9-25(10-12-26)18-6-2-1-3-7-18/h1-8,13-15H,9-12H2,(H,24,27). The molecule has 27 heavy (non-hydrogen) atoms. The van der Waals surface area contributed by atoms with Crippen LogP contribution in [0.5, 0.6) is 0 Å². The molecule has 4 rings (SSSR count). The number of para-hydroxylation sites is 1. The molecule has 136 valence electrons. The summed E-state index contributed by atoms with van der Waals surface area (Å²) >= 11 is 0. The van der Waals surface area contributed by atoms with Gasteiger partial charge in [0.2, 0.25) is 5.95 Å². The van der Waals surface area contributed by atoms with E-state index in [1.165, 1.54) is 11.9 Å². The Morgan fingerprint density at radius 2 is 1.56 bits per heavy atom. The number of piperazine rings is 1. The van der Waals surface area contributed by atoms with Gasteiger partial charge in [-0.3, -0.25) is 9.78 Å². The van der Waals surface area contributed by atoms with Crippen LogP contribution in [0.3, 0.4) is 0 Å². The van der Waals surface area contributed by atoms with E-state index >= 15 is 0 Å². The summed E-state index contributed by atoms with van der Waals surface area (Å²) < 4.78 is 0. The summed E-state index contributed by atoms with van der Waals surface area (Å²) in [5, 5.41) is 2.79. The topological polar surface area (TPSA) is 74.2 Å². The average Bonchev–Trinajstić information content (AvgIpc) is 2.76. The van der Waals surface area contributed by atoms with Gasteiger partial charge in [-0.15, -0.1) is 0 Å². The second kappa shape index (κ2) is 7.82. The highest BCUT2D eigenvalue weighted by Crippen LogP contribution is 2.18. The Hall–Kier alpha value is -3.48. The van der Waals surface area contributed by atoms with Crippen molar-refractivity contribution in [3.8, 4) is 0 Å². The molecule has 1 aromatic carbocycles. The van der Waals surface area contributed by atoms with Gasteiger partial charge >= 0.3 is 0 Å². The highest BCUT2D eigenvalue weighted by Gasteiger charge is 2.19. The highest BCUT2D eigenvalue weighted by molar-refractivity contribution is 6.03. The number of anilines is 3. The van der Waals surface area contributed by atoms with Gasteiger partial charge < -0.3 is 15.1 Å². The number of carbonyl (C=O) groups excluding carboxylic acids is 1. The van der Waals surface area contributed by atoms with Gasteiger partial charge in [-0.05, 0) is 24.3 Å². The molecule has 0 saturated carbocycles. The molecular weight excluding hydrogens is 340 g/mol. The molecule has 0 unspecified atom stereocenters. The molecule has 0 bridgehead atoms. The van der Waals surface area contributed by atoms with Crippen molar-refractivity contribution in [3.05, 3.63) is 72.8 Å². The smallest absolute Gasteiger partial charge is 0.257 e. The molecule has 1 saturated heterocycles. The molecule has 1 aliphatic heterocycles. The van der Waals surface area contributed by atoms with Gasteiger partial charge in [-0.25, -0.2) is 9.97 Å². The lowest BCUT2D eigenvalue weighted by Gasteiger charge is -2.36. The summed E-state index contributed by atoms with van der Waals surface area (Å²) in [6, 6.07) is 13.8. The Morgan fingerprint density at radius 3 is 2.22 bits per heavy atom. The Morgan fingerprint density at radius 1 is 0.852 bits per heavy atom. The van der Waals surface area contributed by atoms with Crippen LogP contribution in [-0.4, -0.2) is 47.0 Å². The second-order valence-corrected chi connectivity index (χ2v) is 6.28. The normalized spacial score (nSPS) is 14.1. The fourth-order valence-corrected chi connectivity index (χ4v) is 3.05. The molecule has 0 atom stereocenters. The Bertz CT molecular complexity index is 877. The van der Waals surface area contributed by atoms with Crippen LogP contribution in [0.4, 0.5) is 17.3 Å². The summed E-state index contributed by atoms with van der Waals surface area (Å²) in [7, 11) is 0. The zero-order chi connectivity index (χ0) is 18.5. The van der Waals surface area contributed by atoms with Crippen LogP contribution in [0.1, 0.15) is 10.4 Å². The monoisotopic (exact) mass is 360 g/mol. The molecule has 3 heterocycles. The minimum atomic E-state index is -0.226. The molecule has 1 fully saturated rings. The van der Waals surface area contributed by atoms with Crippen molar-refractivity contribution < 1.29 is 4.79 Å². The van der Waals surface area contributed by atoms with Crippen LogP contribution >= 0.6 is 0 Å². The third-order valence-electron chi connectivity index (χ3n) is 4.50. The van der Waals surface area contributed by atoms with Crippen LogP contribution in [0.15, 0.2) is 67.3 Å². The molecule has 7 heteroatoms. The average molecular weight is 360 g/mol. The van der Waals surface area contributed by atoms with Crippen LogP contribution in [0.25, 0.3) is 0 Å². The van der Waals surface area contributed by atoms with Gasteiger partial charge in [0.1, 0.15) is 0 Å². The third-order valence-corrected chi connectivity index (χ3v) is 4.50. The number of carbonyl (C=O) groups is 1. The van der Waals surface area contributed by atoms with E-state index in [2.05, 4.69) is 54.3 Å². The van der Waals surface area contributed by atoms with Crippen molar-refractivity contribution in [1.82, 2.24) is 15.0 Å². The lowest BCUT2D eigenvalue weighted by Crippen LogP contribution is -2.47. The van der Waals surface area contributed by atoms with E-state index in [-0.39, 0.29) is 5.91 Å². The lowest BCUT2D eigenvalue weighted by atomic mass is 10.2. The van der Waals surface area contributed by atoms with E-state index in [4.69, 9.17) is 0 Å². The van der Waals surface area contributed by atoms with Crippen molar-refractivity contribution in [1.29, 1.82) is 0 Å². The summed E-state index contributed by atoms with van der Waals surface area (Å²) in [5.41, 5.74) is 2.31. The molecule has 7 nitrogen and oxygen atoms in total. The van der Waals surface area contributed by atoms with Gasteiger partial charge in [0, 0.05) is 44.3 Å². The highest BCUT2D eigenvalue weighted by atomic mass is 16.1. The number of aromatic nitrogens is 3. The fourth-order valence-electron chi connectivity index (χ4n) is 3.05. The summed E-state index contributed by atoms with van der Waals surface area (Å²) in [6.07, 6.45) is 6.43. The second-order valence-electron chi connectivity index (χ2n) is 6.28. The number of rotatable bonds is 4. The van der Waals surface area contributed by atoms with Crippen molar-refractivity contribution in [3.63, 3.8) is 0 Å². The predicted molar refractivity (Wildman–Crippen MR) is 105 cm³/mol. The zero-order valence-corrected chi connectivity index (χ0v) is 14.8. The predicted octanol–water partition coefficient (Wildman–Crippen LogP) is 2.45. The molecular formula is C20H20N6O. The van der Waals surface area contributed by atoms with Crippen LogP contribution in [-0.2, 0) is 0 Å². The maximum atomic E-state index is 12.1. The molecule has 0 radical (unpaired) electrons. The van der Waals surface area contributed by atoms with E-state index in [1.807, 2.05) is 6.07 Å². The summed E-state index contributed by atoms with van der Waals surface area (Å²) in [5.74, 6) is 0.456. The maximum absolute atomic E-state index is 12.1. The van der Waals surface area contributed by atoms with E-state index < -0.39 is 0 Å². The molecule has 2 aromatic heterocycles. The van der Waals surface area contributed by atoms with E-state index in [1.54, 1.807) is 30.7 Å². The van der Waals surface area contributed by atoms with Crippen molar-refractivity contribution in [2.24, 2.45) is 0 Å². The van der Waals surface area contributed by atoms with Crippen molar-refractivity contribution >= 4 is 23.2 Å². The number of hydrogen-bond acceptors (Lipinski definition) is 6. The van der Waals surface area contributed by atoms with E-state index in [0.717, 1.165) is 26.2 Å².